The molecule has 2 aromatic carbocycles. The number of hydrogen-bond acceptors (Lipinski definition) is 3. The first kappa shape index (κ1) is 17.1. The largest absolute Gasteiger partial charge is 0.294 e. The second kappa shape index (κ2) is 8.39. The van der Waals surface area contributed by atoms with Gasteiger partial charge in [-0.05, 0) is 13.1 Å². The highest BCUT2D eigenvalue weighted by Crippen LogP contribution is 2.16. The first-order chi connectivity index (χ1) is 11.2. The normalized spacial score (nSPS) is 12.1. The van der Waals surface area contributed by atoms with Gasteiger partial charge in [0.2, 0.25) is 0 Å². The van der Waals surface area contributed by atoms with Crippen molar-refractivity contribution < 1.29 is 9.59 Å². The van der Waals surface area contributed by atoms with E-state index in [1.165, 1.54) is 0 Å². The molecule has 0 aliphatic heterocycles. The van der Waals surface area contributed by atoms with Crippen LogP contribution in [0.25, 0.3) is 0 Å². The molecule has 0 N–H and O–H groups in total. The van der Waals surface area contributed by atoms with Crippen LogP contribution in [0.1, 0.15) is 41.0 Å². The van der Waals surface area contributed by atoms with Crippen molar-refractivity contribution >= 4 is 11.6 Å². The predicted molar refractivity (Wildman–Crippen MR) is 92.9 cm³/mol. The highest BCUT2D eigenvalue weighted by molar-refractivity contribution is 6.05. The summed E-state index contributed by atoms with van der Waals surface area (Å²) in [6.07, 6.45) is 0.208. The van der Waals surface area contributed by atoms with Gasteiger partial charge in [0.15, 0.2) is 11.6 Å². The molecule has 0 heterocycles. The van der Waals surface area contributed by atoms with E-state index in [0.29, 0.717) is 11.1 Å². The van der Waals surface area contributed by atoms with Crippen LogP contribution in [0.15, 0.2) is 60.7 Å². The molecule has 0 fully saturated rings. The summed E-state index contributed by atoms with van der Waals surface area (Å²) in [7, 11) is 0. The molecule has 0 aromatic heterocycles. The zero-order chi connectivity index (χ0) is 16.7. The van der Waals surface area contributed by atoms with Gasteiger partial charge in [-0.1, -0.05) is 74.5 Å². The minimum atomic E-state index is -0.417. The third kappa shape index (κ3) is 4.36. The SMILES string of the molecule is CCN(CC)[C@@H](CC(=O)c1ccccc1)C(=O)c1ccccc1. The molecule has 0 bridgehead atoms. The van der Waals surface area contributed by atoms with Crippen LogP contribution in [0.2, 0.25) is 0 Å². The quantitative estimate of drug-likeness (QED) is 0.695. The average molecular weight is 309 g/mol. The molecule has 0 radical (unpaired) electrons. The highest BCUT2D eigenvalue weighted by atomic mass is 16.1. The standard InChI is InChI=1S/C20H23NO2/c1-3-21(4-2)18(20(23)17-13-9-6-10-14-17)15-19(22)16-11-7-5-8-12-16/h5-14,18H,3-4,15H2,1-2H3/t18-/m0/s1. The Kier molecular flexibility index (Phi) is 6.24. The van der Waals surface area contributed by atoms with Crippen LogP contribution >= 0.6 is 0 Å². The van der Waals surface area contributed by atoms with Crippen LogP contribution in [-0.4, -0.2) is 35.6 Å². The molecule has 0 saturated heterocycles. The average Bonchev–Trinajstić information content (AvgIpc) is 2.62. The lowest BCUT2D eigenvalue weighted by molar-refractivity contribution is 0.0763. The van der Waals surface area contributed by atoms with E-state index < -0.39 is 6.04 Å². The van der Waals surface area contributed by atoms with Crippen molar-refractivity contribution in [1.29, 1.82) is 0 Å². The lowest BCUT2D eigenvalue weighted by atomic mass is 9.95. The third-order valence-corrected chi connectivity index (χ3v) is 4.09. The Morgan fingerprint density at radius 3 is 1.78 bits per heavy atom. The van der Waals surface area contributed by atoms with E-state index in [1.807, 2.05) is 62.4 Å². The molecule has 3 heteroatoms. The van der Waals surface area contributed by atoms with Gasteiger partial charge in [-0.3, -0.25) is 14.5 Å². The van der Waals surface area contributed by atoms with Crippen LogP contribution < -0.4 is 0 Å². The number of carbonyl (C=O) groups excluding carboxylic acids is 2. The smallest absolute Gasteiger partial charge is 0.180 e. The number of rotatable bonds is 8. The van der Waals surface area contributed by atoms with Crippen molar-refractivity contribution in [2.75, 3.05) is 13.1 Å². The maximum Gasteiger partial charge on any atom is 0.180 e. The van der Waals surface area contributed by atoms with E-state index in [9.17, 15) is 9.59 Å². The van der Waals surface area contributed by atoms with Gasteiger partial charge in [0, 0.05) is 17.5 Å². The maximum absolute atomic E-state index is 12.9. The fourth-order valence-electron chi connectivity index (χ4n) is 2.76. The van der Waals surface area contributed by atoms with Crippen molar-refractivity contribution in [3.63, 3.8) is 0 Å². The molecule has 0 amide bonds. The van der Waals surface area contributed by atoms with Gasteiger partial charge in [0.1, 0.15) is 0 Å². The Labute approximate surface area is 137 Å². The molecule has 2 aromatic rings. The molecule has 0 unspecified atom stereocenters. The van der Waals surface area contributed by atoms with Gasteiger partial charge in [0.25, 0.3) is 0 Å². The van der Waals surface area contributed by atoms with E-state index in [4.69, 9.17) is 0 Å². The first-order valence-corrected chi connectivity index (χ1v) is 8.08. The Bertz CT molecular complexity index is 633. The first-order valence-electron chi connectivity index (χ1n) is 8.08. The van der Waals surface area contributed by atoms with Crippen LogP contribution in [0.3, 0.4) is 0 Å². The van der Waals surface area contributed by atoms with E-state index in [2.05, 4.69) is 4.90 Å². The maximum atomic E-state index is 12.9. The number of likely N-dealkylation sites (N-methyl/N-ethyl adjacent to an activating group) is 1. The predicted octanol–water partition coefficient (Wildman–Crippen LogP) is 3.85. The molecule has 0 aliphatic carbocycles. The molecule has 0 aliphatic rings. The molecule has 3 nitrogen and oxygen atoms in total. The van der Waals surface area contributed by atoms with Gasteiger partial charge in [-0.2, -0.15) is 0 Å². The molecule has 23 heavy (non-hydrogen) atoms. The minimum absolute atomic E-state index is 0.00628. The molecular weight excluding hydrogens is 286 g/mol. The van der Waals surface area contributed by atoms with E-state index >= 15 is 0 Å². The van der Waals surface area contributed by atoms with Crippen LogP contribution in [-0.2, 0) is 0 Å². The van der Waals surface area contributed by atoms with Crippen molar-refractivity contribution in [2.45, 2.75) is 26.3 Å². The summed E-state index contributed by atoms with van der Waals surface area (Å²) in [6, 6.07) is 18.0. The van der Waals surface area contributed by atoms with E-state index in [1.54, 1.807) is 12.1 Å². The molecule has 120 valence electrons. The molecule has 2 rings (SSSR count). The molecule has 1 atom stereocenters. The van der Waals surface area contributed by atoms with Crippen molar-refractivity contribution in [3.8, 4) is 0 Å². The fraction of sp³-hybridized carbons (Fsp3) is 0.300. The monoisotopic (exact) mass is 309 g/mol. The van der Waals surface area contributed by atoms with Crippen molar-refractivity contribution in [2.24, 2.45) is 0 Å². The summed E-state index contributed by atoms with van der Waals surface area (Å²) in [5, 5.41) is 0. The number of hydrogen-bond donors (Lipinski definition) is 0. The second-order valence-electron chi connectivity index (χ2n) is 5.46. The third-order valence-electron chi connectivity index (χ3n) is 4.09. The fourth-order valence-corrected chi connectivity index (χ4v) is 2.76. The van der Waals surface area contributed by atoms with Gasteiger partial charge >= 0.3 is 0 Å². The lowest BCUT2D eigenvalue weighted by Crippen LogP contribution is -2.42. The summed E-state index contributed by atoms with van der Waals surface area (Å²) in [5.41, 5.74) is 1.32. The number of Topliss-reactive ketones (excluding diaryl/α,β-unsaturated/α-hetero) is 2. The number of ketones is 2. The lowest BCUT2D eigenvalue weighted by Gasteiger charge is -2.28. The van der Waals surface area contributed by atoms with Crippen molar-refractivity contribution in [3.05, 3.63) is 71.8 Å². The number of nitrogens with zero attached hydrogens (tertiary/aromatic N) is 1. The van der Waals surface area contributed by atoms with Crippen molar-refractivity contribution in [1.82, 2.24) is 4.90 Å². The molecule has 0 spiro atoms. The Morgan fingerprint density at radius 1 is 0.826 bits per heavy atom. The summed E-state index contributed by atoms with van der Waals surface area (Å²) in [4.78, 5) is 27.5. The summed E-state index contributed by atoms with van der Waals surface area (Å²) in [6.45, 7) is 5.51. The van der Waals surface area contributed by atoms with Crippen LogP contribution in [0.5, 0.6) is 0 Å². The second-order valence-corrected chi connectivity index (χ2v) is 5.46. The topological polar surface area (TPSA) is 37.4 Å². The zero-order valence-corrected chi connectivity index (χ0v) is 13.7. The van der Waals surface area contributed by atoms with Gasteiger partial charge in [-0.25, -0.2) is 0 Å². The summed E-state index contributed by atoms with van der Waals surface area (Å²) in [5.74, 6) is 0.0189. The van der Waals surface area contributed by atoms with Gasteiger partial charge in [0.05, 0.1) is 6.04 Å². The summed E-state index contributed by atoms with van der Waals surface area (Å²) >= 11 is 0. The molecule has 0 saturated carbocycles. The molecular formula is C20H23NO2. The van der Waals surface area contributed by atoms with E-state index in [-0.39, 0.29) is 18.0 Å². The Hall–Kier alpha value is -2.26. The number of carbonyl (C=O) groups is 2. The summed E-state index contributed by atoms with van der Waals surface area (Å²) < 4.78 is 0. The van der Waals surface area contributed by atoms with Gasteiger partial charge in [-0.15, -0.1) is 0 Å². The Morgan fingerprint density at radius 2 is 1.30 bits per heavy atom. The van der Waals surface area contributed by atoms with E-state index in [0.717, 1.165) is 13.1 Å². The van der Waals surface area contributed by atoms with Crippen LogP contribution in [0, 0.1) is 0 Å². The Balaban J connectivity index is 2.24. The van der Waals surface area contributed by atoms with Crippen LogP contribution in [0.4, 0.5) is 0 Å². The highest BCUT2D eigenvalue weighted by Gasteiger charge is 2.27. The zero-order valence-electron chi connectivity index (χ0n) is 13.7. The minimum Gasteiger partial charge on any atom is -0.294 e. The number of benzene rings is 2. The van der Waals surface area contributed by atoms with Gasteiger partial charge < -0.3 is 0 Å².